The van der Waals surface area contributed by atoms with Crippen molar-refractivity contribution in [3.8, 4) is 0 Å². The topological polar surface area (TPSA) is 57.2 Å². The van der Waals surface area contributed by atoms with Gasteiger partial charge in [-0.3, -0.25) is 0 Å². The third kappa shape index (κ3) is 7.85. The second kappa shape index (κ2) is 11.1. The normalized spacial score (nSPS) is 11.3. The molecule has 3 nitrogen and oxygen atoms in total. The van der Waals surface area contributed by atoms with E-state index >= 15 is 0 Å². The standard InChI is InChI=1S/C18H22I.C7H8O3S/c1-13(2)15-5-9-17(10-6-15)19-18-11-7-16(8-12-18)14(3)4;1-6-2-4-7(5-3-6)11(8,9)10/h5-14H,1-4H3;2-5H,1H3,(H,8,9,10)/q+1;/p-1. The third-order valence-corrected chi connectivity index (χ3v) is 8.13. The highest BCUT2D eigenvalue weighted by Crippen LogP contribution is 2.13. The first-order valence-electron chi connectivity index (χ1n) is 9.93. The lowest BCUT2D eigenvalue weighted by Crippen LogP contribution is -3.61. The molecule has 0 N–H and O–H groups in total. The molecule has 0 aliphatic rings. The van der Waals surface area contributed by atoms with E-state index in [1.807, 2.05) is 6.92 Å². The molecule has 0 aliphatic heterocycles. The lowest BCUT2D eigenvalue weighted by atomic mass is 10.0. The molecular formula is C25H29IO3S. The monoisotopic (exact) mass is 536 g/mol. The van der Waals surface area contributed by atoms with Crippen LogP contribution in [0.2, 0.25) is 0 Å². The molecule has 0 saturated heterocycles. The Balaban J connectivity index is 0.000000248. The van der Waals surface area contributed by atoms with Crippen molar-refractivity contribution in [1.29, 1.82) is 0 Å². The third-order valence-electron chi connectivity index (χ3n) is 4.60. The molecule has 0 aromatic heterocycles. The van der Waals surface area contributed by atoms with E-state index < -0.39 is 10.1 Å². The van der Waals surface area contributed by atoms with Crippen LogP contribution < -0.4 is 21.2 Å². The van der Waals surface area contributed by atoms with Crippen molar-refractivity contribution in [2.24, 2.45) is 0 Å². The van der Waals surface area contributed by atoms with Gasteiger partial charge in [-0.2, -0.15) is 0 Å². The van der Waals surface area contributed by atoms with Crippen molar-refractivity contribution in [2.45, 2.75) is 51.3 Å². The minimum atomic E-state index is -4.27. The summed E-state index contributed by atoms with van der Waals surface area (Å²) >= 11 is -0.0366. The van der Waals surface area contributed by atoms with Gasteiger partial charge in [0, 0.05) is 0 Å². The van der Waals surface area contributed by atoms with Crippen LogP contribution in [-0.2, 0) is 10.1 Å². The highest BCUT2D eigenvalue weighted by molar-refractivity contribution is 7.85. The van der Waals surface area contributed by atoms with Crippen LogP contribution in [0.25, 0.3) is 0 Å². The molecule has 3 aromatic carbocycles. The van der Waals surface area contributed by atoms with Gasteiger partial charge in [-0.25, -0.2) is 8.42 Å². The van der Waals surface area contributed by atoms with Gasteiger partial charge in [0.25, 0.3) is 0 Å². The molecule has 5 heteroatoms. The van der Waals surface area contributed by atoms with Gasteiger partial charge in [0.15, 0.2) is 7.14 Å². The van der Waals surface area contributed by atoms with Gasteiger partial charge in [-0.1, -0.05) is 69.7 Å². The van der Waals surface area contributed by atoms with Crippen LogP contribution >= 0.6 is 0 Å². The van der Waals surface area contributed by atoms with Crippen molar-refractivity contribution in [3.63, 3.8) is 0 Å². The summed E-state index contributed by atoms with van der Waals surface area (Å²) < 4.78 is 34.2. The van der Waals surface area contributed by atoms with Crippen molar-refractivity contribution in [3.05, 3.63) is 96.6 Å². The van der Waals surface area contributed by atoms with E-state index in [-0.39, 0.29) is 26.1 Å². The second-order valence-electron chi connectivity index (χ2n) is 7.77. The summed E-state index contributed by atoms with van der Waals surface area (Å²) in [6, 6.07) is 24.1. The lowest BCUT2D eigenvalue weighted by molar-refractivity contribution is -0.597. The van der Waals surface area contributed by atoms with Crippen LogP contribution in [-0.4, -0.2) is 13.0 Å². The molecule has 0 unspecified atom stereocenters. The van der Waals surface area contributed by atoms with E-state index in [0.717, 1.165) is 5.56 Å². The van der Waals surface area contributed by atoms with E-state index in [1.54, 1.807) is 12.1 Å². The van der Waals surface area contributed by atoms with Gasteiger partial charge in [-0.05, 0) is 66.3 Å². The van der Waals surface area contributed by atoms with Gasteiger partial charge >= 0.3 is 21.2 Å². The van der Waals surface area contributed by atoms with Crippen LogP contribution in [0.3, 0.4) is 0 Å². The summed E-state index contributed by atoms with van der Waals surface area (Å²) in [5.41, 5.74) is 3.79. The zero-order valence-corrected chi connectivity index (χ0v) is 21.1. The zero-order valence-electron chi connectivity index (χ0n) is 18.1. The molecule has 0 spiro atoms. The first-order valence-corrected chi connectivity index (χ1v) is 13.5. The molecule has 0 radical (unpaired) electrons. The van der Waals surface area contributed by atoms with Gasteiger partial charge < -0.3 is 4.55 Å². The SMILES string of the molecule is CC(C)c1ccc([I+]c2ccc(C(C)C)cc2)cc1.Cc1ccc(S(=O)(=O)[O-])cc1. The summed E-state index contributed by atoms with van der Waals surface area (Å²) in [7, 11) is -4.27. The summed E-state index contributed by atoms with van der Waals surface area (Å²) in [5.74, 6) is 1.25. The smallest absolute Gasteiger partial charge is 0.357 e. The minimum Gasteiger partial charge on any atom is -0.744 e. The molecule has 0 bridgehead atoms. The highest BCUT2D eigenvalue weighted by Gasteiger charge is 2.15. The first-order chi connectivity index (χ1) is 14.1. The second-order valence-corrected chi connectivity index (χ2v) is 12.2. The van der Waals surface area contributed by atoms with Crippen molar-refractivity contribution >= 4 is 10.1 Å². The fourth-order valence-corrected chi connectivity index (χ4v) is 5.28. The maximum Gasteiger partial charge on any atom is 0.357 e. The van der Waals surface area contributed by atoms with Gasteiger partial charge in [0.2, 0.25) is 0 Å². The van der Waals surface area contributed by atoms with Gasteiger partial charge in [-0.15, -0.1) is 0 Å². The summed E-state index contributed by atoms with van der Waals surface area (Å²) in [4.78, 5) is -0.178. The molecule has 0 atom stereocenters. The summed E-state index contributed by atoms with van der Waals surface area (Å²) in [6.07, 6.45) is 0. The predicted molar refractivity (Wildman–Crippen MR) is 118 cm³/mol. The Hall–Kier alpha value is -1.70. The highest BCUT2D eigenvalue weighted by atomic mass is 127. The molecule has 3 aromatic rings. The summed E-state index contributed by atoms with van der Waals surface area (Å²) in [6.45, 7) is 10.8. The number of aryl methyl sites for hydroxylation is 1. The Bertz CT molecular complexity index is 972. The molecule has 0 amide bonds. The Labute approximate surface area is 191 Å². The Kier molecular flexibility index (Phi) is 9.07. The van der Waals surface area contributed by atoms with E-state index in [9.17, 15) is 13.0 Å². The molecular weight excluding hydrogens is 507 g/mol. The van der Waals surface area contributed by atoms with Crippen LogP contribution in [0, 0.1) is 14.1 Å². The van der Waals surface area contributed by atoms with Crippen LogP contribution in [0.5, 0.6) is 0 Å². The van der Waals surface area contributed by atoms with E-state index in [4.69, 9.17) is 0 Å². The fourth-order valence-electron chi connectivity index (χ4n) is 2.65. The van der Waals surface area contributed by atoms with Crippen molar-refractivity contribution in [2.75, 3.05) is 0 Å². The average molecular weight is 536 g/mol. The maximum absolute atomic E-state index is 10.4. The maximum atomic E-state index is 10.4. The quantitative estimate of drug-likeness (QED) is 0.372. The number of hydrogen-bond acceptors (Lipinski definition) is 3. The minimum absolute atomic E-state index is 0.0366. The van der Waals surface area contributed by atoms with Crippen LogP contribution in [0.4, 0.5) is 0 Å². The Morgan fingerprint density at radius 2 is 1.03 bits per heavy atom. The predicted octanol–water partition coefficient (Wildman–Crippen LogP) is 2.96. The van der Waals surface area contributed by atoms with Gasteiger partial charge in [0.05, 0.1) is 4.90 Å². The molecule has 0 heterocycles. The summed E-state index contributed by atoms with van der Waals surface area (Å²) in [5, 5.41) is 0. The van der Waals surface area contributed by atoms with E-state index in [2.05, 4.69) is 76.2 Å². The molecule has 0 fully saturated rings. The molecule has 160 valence electrons. The molecule has 0 saturated carbocycles. The molecule has 3 rings (SSSR count). The van der Waals surface area contributed by atoms with E-state index in [1.165, 1.54) is 30.4 Å². The molecule has 30 heavy (non-hydrogen) atoms. The first kappa shape index (κ1) is 24.6. The van der Waals surface area contributed by atoms with Gasteiger partial charge in [0.1, 0.15) is 10.1 Å². The van der Waals surface area contributed by atoms with E-state index in [0.29, 0.717) is 11.8 Å². The van der Waals surface area contributed by atoms with Crippen LogP contribution in [0.15, 0.2) is 77.7 Å². The van der Waals surface area contributed by atoms with Crippen LogP contribution in [0.1, 0.15) is 56.2 Å². The Morgan fingerprint density at radius 3 is 1.33 bits per heavy atom. The number of halogens is 1. The molecule has 0 aliphatic carbocycles. The number of hydrogen-bond donors (Lipinski definition) is 0. The lowest BCUT2D eigenvalue weighted by Gasteiger charge is -2.05. The van der Waals surface area contributed by atoms with Crippen molar-refractivity contribution < 1.29 is 34.2 Å². The zero-order chi connectivity index (χ0) is 22.3. The van der Waals surface area contributed by atoms with Crippen molar-refractivity contribution in [1.82, 2.24) is 0 Å². The fraction of sp³-hybridized carbons (Fsp3) is 0.280. The number of rotatable bonds is 5. The number of benzene rings is 3. The average Bonchev–Trinajstić information content (AvgIpc) is 2.69. The largest absolute Gasteiger partial charge is 0.744 e. The Morgan fingerprint density at radius 1 is 0.667 bits per heavy atom.